The van der Waals surface area contributed by atoms with Crippen molar-refractivity contribution in [3.05, 3.63) is 35.4 Å². The quantitative estimate of drug-likeness (QED) is 0.533. The molecule has 5 nitrogen and oxygen atoms in total. The molecule has 1 heterocycles. The van der Waals surface area contributed by atoms with E-state index in [9.17, 15) is 0 Å². The van der Waals surface area contributed by atoms with Gasteiger partial charge in [-0.05, 0) is 50.1 Å². The van der Waals surface area contributed by atoms with Crippen LogP contribution in [0.2, 0.25) is 0 Å². The second kappa shape index (κ2) is 10.4. The molecule has 1 fully saturated rings. The lowest BCUT2D eigenvalue weighted by atomic mass is 10.1. The second-order valence-corrected chi connectivity index (χ2v) is 6.74. The number of likely N-dealkylation sites (tertiary alicyclic amines) is 1. The van der Waals surface area contributed by atoms with Gasteiger partial charge in [-0.1, -0.05) is 45.0 Å². The van der Waals surface area contributed by atoms with Crippen molar-refractivity contribution in [3.63, 3.8) is 0 Å². The normalized spacial score (nSPS) is 18.9. The van der Waals surface area contributed by atoms with Crippen LogP contribution in [-0.4, -0.2) is 54.5 Å². The Morgan fingerprint density at radius 3 is 2.64 bits per heavy atom. The van der Waals surface area contributed by atoms with E-state index in [0.29, 0.717) is 18.5 Å². The number of hydrogen-bond donors (Lipinski definition) is 2. The molecule has 1 saturated heterocycles. The van der Waals surface area contributed by atoms with Crippen LogP contribution in [0.4, 0.5) is 0 Å². The van der Waals surface area contributed by atoms with E-state index in [0.717, 1.165) is 32.7 Å². The minimum absolute atomic E-state index is 0.556. The first-order chi connectivity index (χ1) is 12.2. The third-order valence-electron chi connectivity index (χ3n) is 5.25. The predicted octanol–water partition coefficient (Wildman–Crippen LogP) is 2.42. The van der Waals surface area contributed by atoms with E-state index >= 15 is 0 Å². The van der Waals surface area contributed by atoms with Gasteiger partial charge in [0, 0.05) is 19.1 Å². The summed E-state index contributed by atoms with van der Waals surface area (Å²) in [5.41, 5.74) is 8.70. The lowest BCUT2D eigenvalue weighted by Gasteiger charge is -2.23. The number of aliphatic imine (C=N–C) groups is 1. The molecular formula is C20H35N5. The molecule has 0 saturated carbocycles. The van der Waals surface area contributed by atoms with Crippen LogP contribution in [0, 0.1) is 0 Å². The van der Waals surface area contributed by atoms with E-state index in [1.54, 1.807) is 0 Å². The molecule has 1 aromatic rings. The summed E-state index contributed by atoms with van der Waals surface area (Å²) < 4.78 is 0. The monoisotopic (exact) mass is 345 g/mol. The molecule has 5 heteroatoms. The Hall–Kier alpha value is -1.59. The van der Waals surface area contributed by atoms with Crippen molar-refractivity contribution in [1.82, 2.24) is 15.1 Å². The fraction of sp³-hybridized carbons (Fsp3) is 0.650. The third kappa shape index (κ3) is 6.01. The highest BCUT2D eigenvalue weighted by atomic mass is 15.2. The fourth-order valence-corrected chi connectivity index (χ4v) is 3.55. The largest absolute Gasteiger partial charge is 0.370 e. The van der Waals surface area contributed by atoms with Gasteiger partial charge < -0.3 is 11.1 Å². The molecule has 0 aliphatic carbocycles. The van der Waals surface area contributed by atoms with Crippen LogP contribution in [0.1, 0.15) is 44.7 Å². The molecule has 25 heavy (non-hydrogen) atoms. The molecule has 1 aliphatic heterocycles. The number of hydrogen-bond acceptors (Lipinski definition) is 3. The number of nitrogens with two attached hydrogens (primary N) is 1. The molecule has 0 bridgehead atoms. The molecule has 0 spiro atoms. The summed E-state index contributed by atoms with van der Waals surface area (Å²) in [6, 6.07) is 9.13. The van der Waals surface area contributed by atoms with Crippen molar-refractivity contribution in [2.24, 2.45) is 10.7 Å². The van der Waals surface area contributed by atoms with Crippen LogP contribution in [0.25, 0.3) is 0 Å². The number of nitrogens with zero attached hydrogens (tertiary/aromatic N) is 3. The SMILES string of the molecule is CCN(CC)Cc1ccccc1CN=C(N)NCC1CCCN1CC. The number of nitrogens with one attached hydrogen (secondary N) is 1. The lowest BCUT2D eigenvalue weighted by Crippen LogP contribution is -2.42. The Bertz CT molecular complexity index is 539. The van der Waals surface area contributed by atoms with Gasteiger partial charge in [-0.25, -0.2) is 4.99 Å². The van der Waals surface area contributed by atoms with Crippen LogP contribution in [-0.2, 0) is 13.1 Å². The average molecular weight is 346 g/mol. The topological polar surface area (TPSA) is 56.9 Å². The Labute approximate surface area is 153 Å². The molecule has 3 N–H and O–H groups in total. The smallest absolute Gasteiger partial charge is 0.188 e. The third-order valence-corrected chi connectivity index (χ3v) is 5.25. The number of rotatable bonds is 9. The maximum atomic E-state index is 6.10. The van der Waals surface area contributed by atoms with Gasteiger partial charge in [0.05, 0.1) is 6.54 Å². The molecule has 1 aromatic carbocycles. The highest BCUT2D eigenvalue weighted by molar-refractivity contribution is 5.77. The summed E-state index contributed by atoms with van der Waals surface area (Å²) in [6.45, 7) is 13.6. The molecule has 1 unspecified atom stereocenters. The molecule has 0 amide bonds. The van der Waals surface area contributed by atoms with E-state index in [1.807, 2.05) is 0 Å². The Morgan fingerprint density at radius 2 is 1.96 bits per heavy atom. The predicted molar refractivity (Wildman–Crippen MR) is 107 cm³/mol. The maximum absolute atomic E-state index is 6.10. The number of likely N-dealkylation sites (N-methyl/N-ethyl adjacent to an activating group) is 1. The van der Waals surface area contributed by atoms with Crippen molar-refractivity contribution in [1.29, 1.82) is 0 Å². The van der Waals surface area contributed by atoms with Gasteiger partial charge in [-0.3, -0.25) is 9.80 Å². The summed E-state index contributed by atoms with van der Waals surface area (Å²) in [6.07, 6.45) is 2.54. The van der Waals surface area contributed by atoms with Crippen LogP contribution in [0.3, 0.4) is 0 Å². The van der Waals surface area contributed by atoms with E-state index in [2.05, 4.69) is 65.1 Å². The van der Waals surface area contributed by atoms with Gasteiger partial charge in [-0.15, -0.1) is 0 Å². The minimum atomic E-state index is 0.556. The van der Waals surface area contributed by atoms with Gasteiger partial charge >= 0.3 is 0 Å². The zero-order valence-electron chi connectivity index (χ0n) is 16.2. The Balaban J connectivity index is 1.89. The first-order valence-electron chi connectivity index (χ1n) is 9.74. The van der Waals surface area contributed by atoms with Crippen LogP contribution in [0.15, 0.2) is 29.3 Å². The van der Waals surface area contributed by atoms with Crippen molar-refractivity contribution in [2.75, 3.05) is 32.7 Å². The van der Waals surface area contributed by atoms with E-state index in [4.69, 9.17) is 5.73 Å². The molecule has 0 radical (unpaired) electrons. The van der Waals surface area contributed by atoms with Crippen molar-refractivity contribution in [3.8, 4) is 0 Å². The number of guanidine groups is 1. The molecule has 1 atom stereocenters. The summed E-state index contributed by atoms with van der Waals surface area (Å²) in [5.74, 6) is 0.556. The van der Waals surface area contributed by atoms with Crippen LogP contribution in [0.5, 0.6) is 0 Å². The standard InChI is InChI=1S/C20H35N5/c1-4-24(5-2)16-18-11-8-7-10-17(18)14-22-20(21)23-15-19-12-9-13-25(19)6-3/h7-8,10-11,19H,4-6,9,12-16H2,1-3H3,(H3,21,22,23). The lowest BCUT2D eigenvalue weighted by molar-refractivity contribution is 0.267. The average Bonchev–Trinajstić information content (AvgIpc) is 3.11. The number of benzene rings is 1. The van der Waals surface area contributed by atoms with E-state index in [-0.39, 0.29) is 0 Å². The summed E-state index contributed by atoms with van der Waals surface area (Å²) in [5, 5.41) is 3.32. The molecule has 0 aromatic heterocycles. The highest BCUT2D eigenvalue weighted by Gasteiger charge is 2.22. The Kier molecular flexibility index (Phi) is 8.22. The van der Waals surface area contributed by atoms with Gasteiger partial charge in [0.2, 0.25) is 0 Å². The highest BCUT2D eigenvalue weighted by Crippen LogP contribution is 2.15. The van der Waals surface area contributed by atoms with Gasteiger partial charge in [0.15, 0.2) is 5.96 Å². The maximum Gasteiger partial charge on any atom is 0.188 e. The minimum Gasteiger partial charge on any atom is -0.370 e. The Morgan fingerprint density at radius 1 is 1.24 bits per heavy atom. The summed E-state index contributed by atoms with van der Waals surface area (Å²) in [7, 11) is 0. The zero-order chi connectivity index (χ0) is 18.1. The summed E-state index contributed by atoms with van der Waals surface area (Å²) >= 11 is 0. The zero-order valence-corrected chi connectivity index (χ0v) is 16.2. The van der Waals surface area contributed by atoms with Gasteiger partial charge in [0.1, 0.15) is 0 Å². The van der Waals surface area contributed by atoms with Gasteiger partial charge in [-0.2, -0.15) is 0 Å². The van der Waals surface area contributed by atoms with E-state index in [1.165, 1.54) is 30.5 Å². The molecule has 1 aliphatic rings. The first kappa shape index (κ1) is 19.7. The first-order valence-corrected chi connectivity index (χ1v) is 9.74. The fourth-order valence-electron chi connectivity index (χ4n) is 3.55. The molecular weight excluding hydrogens is 310 g/mol. The summed E-state index contributed by atoms with van der Waals surface area (Å²) in [4.78, 5) is 9.51. The molecule has 140 valence electrons. The van der Waals surface area contributed by atoms with Gasteiger partial charge in [0.25, 0.3) is 0 Å². The van der Waals surface area contributed by atoms with Crippen molar-refractivity contribution < 1.29 is 0 Å². The van der Waals surface area contributed by atoms with Crippen molar-refractivity contribution in [2.45, 2.75) is 52.7 Å². The van der Waals surface area contributed by atoms with Crippen LogP contribution >= 0.6 is 0 Å². The van der Waals surface area contributed by atoms with Crippen molar-refractivity contribution >= 4 is 5.96 Å². The van der Waals surface area contributed by atoms with E-state index < -0.39 is 0 Å². The second-order valence-electron chi connectivity index (χ2n) is 6.74. The molecule has 2 rings (SSSR count). The van der Waals surface area contributed by atoms with Crippen LogP contribution < -0.4 is 11.1 Å².